The van der Waals surface area contributed by atoms with Gasteiger partial charge in [-0.1, -0.05) is 0 Å². The van der Waals surface area contributed by atoms with Crippen molar-refractivity contribution in [1.82, 2.24) is 20.2 Å². The Hall–Kier alpha value is -1.49. The summed E-state index contributed by atoms with van der Waals surface area (Å²) in [7, 11) is 0. The number of nitrogens with zero attached hydrogens (tertiary/aromatic N) is 3. The molecule has 2 saturated heterocycles. The predicted octanol–water partition coefficient (Wildman–Crippen LogP) is 1.39. The molecule has 20 heavy (non-hydrogen) atoms. The number of rotatable bonds is 2. The lowest BCUT2D eigenvalue weighted by Crippen LogP contribution is -2.46. The molecular weight excluding hydrogens is 252 g/mol. The molecule has 5 nitrogen and oxygen atoms in total. The van der Waals surface area contributed by atoms with Crippen molar-refractivity contribution in [2.45, 2.75) is 38.6 Å². The van der Waals surface area contributed by atoms with Gasteiger partial charge in [0.15, 0.2) is 0 Å². The van der Waals surface area contributed by atoms with Crippen LogP contribution in [0.1, 0.15) is 41.9 Å². The Balaban J connectivity index is 1.66. The molecule has 1 N–H and O–H groups in total. The summed E-state index contributed by atoms with van der Waals surface area (Å²) in [5.74, 6) is 0.619. The van der Waals surface area contributed by atoms with Crippen LogP contribution < -0.4 is 5.32 Å². The zero-order valence-electron chi connectivity index (χ0n) is 12.0. The summed E-state index contributed by atoms with van der Waals surface area (Å²) in [5.41, 5.74) is 1.31. The number of hydrogen-bond acceptors (Lipinski definition) is 4. The van der Waals surface area contributed by atoms with Crippen molar-refractivity contribution in [2.24, 2.45) is 5.92 Å². The molecule has 0 radical (unpaired) electrons. The monoisotopic (exact) mass is 274 g/mol. The Kier molecular flexibility index (Phi) is 3.96. The molecule has 108 valence electrons. The molecule has 0 aliphatic carbocycles. The topological polar surface area (TPSA) is 58.1 Å². The molecular formula is C15H22N4O. The van der Waals surface area contributed by atoms with Crippen molar-refractivity contribution in [1.29, 1.82) is 0 Å². The molecule has 0 aromatic carbocycles. The molecule has 2 atom stereocenters. The molecule has 3 rings (SSSR count). The standard InChI is InChI=1S/C15H22N4O/c1-11-8-18-14(9-17-11)15(20)19-7-3-4-12(10-19)13-5-2-6-16-13/h8-9,12-13,16H,2-7,10H2,1H3. The van der Waals surface area contributed by atoms with Crippen LogP contribution in [0, 0.1) is 12.8 Å². The van der Waals surface area contributed by atoms with E-state index in [0.717, 1.165) is 31.7 Å². The van der Waals surface area contributed by atoms with Gasteiger partial charge in [-0.25, -0.2) is 4.98 Å². The third kappa shape index (κ3) is 2.82. The van der Waals surface area contributed by atoms with Crippen LogP contribution in [0.5, 0.6) is 0 Å². The molecule has 5 heteroatoms. The van der Waals surface area contributed by atoms with Crippen molar-refractivity contribution in [3.05, 3.63) is 23.8 Å². The molecule has 2 fully saturated rings. The molecule has 1 aromatic rings. The van der Waals surface area contributed by atoms with Crippen molar-refractivity contribution >= 4 is 5.91 Å². The number of piperidine rings is 1. The van der Waals surface area contributed by atoms with Gasteiger partial charge in [-0.2, -0.15) is 0 Å². The van der Waals surface area contributed by atoms with E-state index in [2.05, 4.69) is 15.3 Å². The van der Waals surface area contributed by atoms with Crippen molar-refractivity contribution in [3.63, 3.8) is 0 Å². The molecule has 1 amide bonds. The Labute approximate surface area is 119 Å². The summed E-state index contributed by atoms with van der Waals surface area (Å²) in [5, 5.41) is 3.57. The van der Waals surface area contributed by atoms with E-state index in [9.17, 15) is 4.79 Å². The Morgan fingerprint density at radius 2 is 2.20 bits per heavy atom. The molecule has 0 spiro atoms. The van der Waals surface area contributed by atoms with Gasteiger partial charge < -0.3 is 10.2 Å². The Morgan fingerprint density at radius 1 is 1.30 bits per heavy atom. The minimum Gasteiger partial charge on any atom is -0.337 e. The van der Waals surface area contributed by atoms with Crippen molar-refractivity contribution in [2.75, 3.05) is 19.6 Å². The second-order valence-electron chi connectivity index (χ2n) is 5.90. The van der Waals surface area contributed by atoms with Crippen LogP contribution in [0.2, 0.25) is 0 Å². The highest BCUT2D eigenvalue weighted by molar-refractivity contribution is 5.92. The van der Waals surface area contributed by atoms with Gasteiger partial charge in [0.05, 0.1) is 11.9 Å². The van der Waals surface area contributed by atoms with Crippen molar-refractivity contribution in [3.8, 4) is 0 Å². The number of carbonyl (C=O) groups excluding carboxylic acids is 1. The van der Waals surface area contributed by atoms with Crippen LogP contribution in [-0.4, -0.2) is 46.5 Å². The third-order valence-electron chi connectivity index (χ3n) is 4.41. The number of aryl methyl sites for hydroxylation is 1. The SMILES string of the molecule is Cc1cnc(C(=O)N2CCCC(C3CCCN3)C2)cn1. The summed E-state index contributed by atoms with van der Waals surface area (Å²) < 4.78 is 0. The summed E-state index contributed by atoms with van der Waals surface area (Å²) in [6.45, 7) is 4.70. The zero-order chi connectivity index (χ0) is 13.9. The van der Waals surface area contributed by atoms with Crippen LogP contribution in [0.3, 0.4) is 0 Å². The summed E-state index contributed by atoms with van der Waals surface area (Å²) >= 11 is 0. The van der Waals surface area contributed by atoms with E-state index in [4.69, 9.17) is 0 Å². The first kappa shape index (κ1) is 13.5. The van der Waals surface area contributed by atoms with Crippen LogP contribution in [0.25, 0.3) is 0 Å². The quantitative estimate of drug-likeness (QED) is 0.885. The molecule has 2 aliphatic heterocycles. The van der Waals surface area contributed by atoms with E-state index in [0.29, 0.717) is 17.7 Å². The highest BCUT2D eigenvalue weighted by Crippen LogP contribution is 2.25. The maximum absolute atomic E-state index is 12.5. The summed E-state index contributed by atoms with van der Waals surface area (Å²) in [6.07, 6.45) is 8.08. The van der Waals surface area contributed by atoms with Crippen LogP contribution in [0.15, 0.2) is 12.4 Å². The maximum atomic E-state index is 12.5. The van der Waals surface area contributed by atoms with Gasteiger partial charge >= 0.3 is 0 Å². The fraction of sp³-hybridized carbons (Fsp3) is 0.667. The van der Waals surface area contributed by atoms with E-state index < -0.39 is 0 Å². The fourth-order valence-corrected chi connectivity index (χ4v) is 3.30. The van der Waals surface area contributed by atoms with Gasteiger partial charge in [0.1, 0.15) is 5.69 Å². The molecule has 0 bridgehead atoms. The molecule has 2 unspecified atom stereocenters. The minimum absolute atomic E-state index is 0.0280. The number of amides is 1. The smallest absolute Gasteiger partial charge is 0.274 e. The van der Waals surface area contributed by atoms with Gasteiger partial charge in [0, 0.05) is 25.3 Å². The normalized spacial score (nSPS) is 26.8. The Morgan fingerprint density at radius 3 is 2.90 bits per heavy atom. The zero-order valence-corrected chi connectivity index (χ0v) is 12.0. The van der Waals surface area contributed by atoms with Crippen molar-refractivity contribution < 1.29 is 4.79 Å². The number of carbonyl (C=O) groups is 1. The van der Waals surface area contributed by atoms with Gasteiger partial charge in [-0.15, -0.1) is 0 Å². The van der Waals surface area contributed by atoms with Gasteiger partial charge in [0.25, 0.3) is 5.91 Å². The maximum Gasteiger partial charge on any atom is 0.274 e. The lowest BCUT2D eigenvalue weighted by atomic mass is 9.89. The minimum atomic E-state index is 0.0280. The van der Waals surface area contributed by atoms with Gasteiger partial charge in [0.2, 0.25) is 0 Å². The second-order valence-corrected chi connectivity index (χ2v) is 5.90. The summed E-state index contributed by atoms with van der Waals surface area (Å²) in [4.78, 5) is 22.8. The molecule has 3 heterocycles. The van der Waals surface area contributed by atoms with Crippen LogP contribution in [0.4, 0.5) is 0 Å². The first-order valence-electron chi connectivity index (χ1n) is 7.55. The lowest BCUT2D eigenvalue weighted by Gasteiger charge is -2.35. The summed E-state index contributed by atoms with van der Waals surface area (Å²) in [6, 6.07) is 0.592. The third-order valence-corrected chi connectivity index (χ3v) is 4.41. The predicted molar refractivity (Wildman–Crippen MR) is 76.4 cm³/mol. The lowest BCUT2D eigenvalue weighted by molar-refractivity contribution is 0.0644. The second kappa shape index (κ2) is 5.87. The average molecular weight is 274 g/mol. The average Bonchev–Trinajstić information content (AvgIpc) is 3.02. The molecule has 2 aliphatic rings. The van der Waals surface area contributed by atoms with Crippen LogP contribution >= 0.6 is 0 Å². The van der Waals surface area contributed by atoms with E-state index in [1.807, 2.05) is 11.8 Å². The first-order chi connectivity index (χ1) is 9.74. The van der Waals surface area contributed by atoms with E-state index in [1.165, 1.54) is 19.3 Å². The number of nitrogens with one attached hydrogen (secondary N) is 1. The number of hydrogen-bond donors (Lipinski definition) is 1. The first-order valence-corrected chi connectivity index (χ1v) is 7.55. The fourth-order valence-electron chi connectivity index (χ4n) is 3.30. The van der Waals surface area contributed by atoms with Crippen LogP contribution in [-0.2, 0) is 0 Å². The van der Waals surface area contributed by atoms with E-state index >= 15 is 0 Å². The molecule has 1 aromatic heterocycles. The highest BCUT2D eigenvalue weighted by Gasteiger charge is 2.31. The van der Waals surface area contributed by atoms with E-state index in [-0.39, 0.29) is 5.91 Å². The van der Waals surface area contributed by atoms with E-state index in [1.54, 1.807) is 12.4 Å². The largest absolute Gasteiger partial charge is 0.337 e. The molecule has 0 saturated carbocycles. The Bertz CT molecular complexity index is 467. The van der Waals surface area contributed by atoms with Gasteiger partial charge in [-0.05, 0) is 45.1 Å². The van der Waals surface area contributed by atoms with Gasteiger partial charge in [-0.3, -0.25) is 9.78 Å². The highest BCUT2D eigenvalue weighted by atomic mass is 16.2. The number of likely N-dealkylation sites (tertiary alicyclic amines) is 1. The number of aromatic nitrogens is 2.